The highest BCUT2D eigenvalue weighted by atomic mass is 35.5. The molecular formula is C19H25Cl2N3O3S. The van der Waals surface area contributed by atoms with Crippen LogP contribution in [-0.4, -0.2) is 47.6 Å². The summed E-state index contributed by atoms with van der Waals surface area (Å²) in [6.45, 7) is 3.84. The number of carbonyl (C=O) groups excluding carboxylic acids is 1. The van der Waals surface area contributed by atoms with Gasteiger partial charge in [0, 0.05) is 29.6 Å². The molecule has 9 heteroatoms. The number of benzene rings is 1. The summed E-state index contributed by atoms with van der Waals surface area (Å²) in [7, 11) is 0. The summed E-state index contributed by atoms with van der Waals surface area (Å²) in [6, 6.07) is 5.83. The fourth-order valence-corrected chi connectivity index (χ4v) is 4.38. The van der Waals surface area contributed by atoms with Crippen molar-refractivity contribution in [3.63, 3.8) is 0 Å². The first-order valence-electron chi connectivity index (χ1n) is 9.05. The van der Waals surface area contributed by atoms with Crippen molar-refractivity contribution < 1.29 is 14.3 Å². The average molecular weight is 446 g/mol. The SMILES string of the molecule is CC(N)C1CCCCN1C(=O)c1csc(-c2ccc3c(c2)OCCO3)n1.Cl.Cl. The standard InChI is InChI=1S/C19H23N3O3S.2ClH/c1-12(20)15-4-2-3-7-22(15)19(23)14-11-26-18(21-14)13-5-6-16-17(10-13)25-9-8-24-16;;/h5-6,10-12,15H,2-4,7-9,20H2,1H3;2*1H. The highest BCUT2D eigenvalue weighted by Crippen LogP contribution is 2.35. The molecule has 1 saturated heterocycles. The smallest absolute Gasteiger partial charge is 0.273 e. The van der Waals surface area contributed by atoms with Crippen LogP contribution in [0.3, 0.4) is 0 Å². The van der Waals surface area contributed by atoms with Crippen molar-refractivity contribution in [2.75, 3.05) is 19.8 Å². The summed E-state index contributed by atoms with van der Waals surface area (Å²) >= 11 is 1.47. The molecule has 2 aliphatic rings. The second-order valence-corrected chi connectivity index (χ2v) is 7.68. The van der Waals surface area contributed by atoms with E-state index in [1.54, 1.807) is 0 Å². The van der Waals surface area contributed by atoms with E-state index >= 15 is 0 Å². The lowest BCUT2D eigenvalue weighted by atomic mass is 9.96. The van der Waals surface area contributed by atoms with Gasteiger partial charge in [0.05, 0.1) is 0 Å². The average Bonchev–Trinajstić information content (AvgIpc) is 3.17. The maximum Gasteiger partial charge on any atom is 0.273 e. The van der Waals surface area contributed by atoms with Crippen LogP contribution in [0.4, 0.5) is 0 Å². The Balaban J connectivity index is 0.00000140. The van der Waals surface area contributed by atoms with Crippen molar-refractivity contribution in [3.8, 4) is 22.1 Å². The summed E-state index contributed by atoms with van der Waals surface area (Å²) in [5, 5.41) is 2.64. The first-order chi connectivity index (χ1) is 12.6. The van der Waals surface area contributed by atoms with Gasteiger partial charge in [-0.3, -0.25) is 4.79 Å². The number of thiazole rings is 1. The molecule has 0 saturated carbocycles. The number of halogens is 2. The van der Waals surface area contributed by atoms with Gasteiger partial charge in [0.2, 0.25) is 0 Å². The predicted octanol–water partition coefficient (Wildman–Crippen LogP) is 3.77. The van der Waals surface area contributed by atoms with Crippen molar-refractivity contribution in [2.24, 2.45) is 5.73 Å². The number of fused-ring (bicyclic) bond motifs is 1. The van der Waals surface area contributed by atoms with E-state index in [0.717, 1.165) is 47.9 Å². The molecule has 1 amide bonds. The minimum Gasteiger partial charge on any atom is -0.486 e. The number of nitrogens with zero attached hydrogens (tertiary/aromatic N) is 2. The lowest BCUT2D eigenvalue weighted by Gasteiger charge is -2.37. The molecule has 6 nitrogen and oxygen atoms in total. The lowest BCUT2D eigenvalue weighted by Crippen LogP contribution is -2.51. The predicted molar refractivity (Wildman–Crippen MR) is 115 cm³/mol. The Morgan fingerprint density at radius 3 is 2.75 bits per heavy atom. The van der Waals surface area contributed by atoms with Crippen molar-refractivity contribution in [3.05, 3.63) is 29.3 Å². The molecule has 28 heavy (non-hydrogen) atoms. The van der Waals surface area contributed by atoms with Crippen LogP contribution in [0.1, 0.15) is 36.7 Å². The third kappa shape index (κ3) is 4.54. The highest BCUT2D eigenvalue weighted by molar-refractivity contribution is 7.13. The van der Waals surface area contributed by atoms with Gasteiger partial charge in [0.25, 0.3) is 5.91 Å². The molecule has 154 valence electrons. The molecule has 3 heterocycles. The van der Waals surface area contributed by atoms with Crippen LogP contribution >= 0.6 is 36.2 Å². The van der Waals surface area contributed by atoms with Crippen molar-refractivity contribution in [2.45, 2.75) is 38.3 Å². The monoisotopic (exact) mass is 445 g/mol. The summed E-state index contributed by atoms with van der Waals surface area (Å²) in [5.41, 5.74) is 7.52. The molecule has 2 aromatic rings. The molecule has 2 unspecified atom stereocenters. The van der Waals surface area contributed by atoms with Gasteiger partial charge in [-0.25, -0.2) is 4.98 Å². The van der Waals surface area contributed by atoms with Gasteiger partial charge in [-0.15, -0.1) is 36.2 Å². The second-order valence-electron chi connectivity index (χ2n) is 6.82. The third-order valence-corrected chi connectivity index (χ3v) is 5.82. The van der Waals surface area contributed by atoms with Crippen LogP contribution in [0, 0.1) is 0 Å². The van der Waals surface area contributed by atoms with Gasteiger partial charge >= 0.3 is 0 Å². The Kier molecular flexibility index (Phi) is 7.95. The van der Waals surface area contributed by atoms with E-state index in [9.17, 15) is 4.79 Å². The molecular weight excluding hydrogens is 421 g/mol. The fourth-order valence-electron chi connectivity index (χ4n) is 3.58. The minimum atomic E-state index is -0.0323. The first kappa shape index (κ1) is 22.7. The van der Waals surface area contributed by atoms with E-state index in [1.807, 2.05) is 35.4 Å². The van der Waals surface area contributed by atoms with E-state index < -0.39 is 0 Å². The number of hydrogen-bond donors (Lipinski definition) is 1. The largest absolute Gasteiger partial charge is 0.486 e. The Bertz CT molecular complexity index is 815. The van der Waals surface area contributed by atoms with Gasteiger partial charge < -0.3 is 20.1 Å². The Morgan fingerprint density at radius 1 is 1.25 bits per heavy atom. The summed E-state index contributed by atoms with van der Waals surface area (Å²) in [4.78, 5) is 19.4. The number of aromatic nitrogens is 1. The topological polar surface area (TPSA) is 77.7 Å². The Hall–Kier alpha value is -1.54. The van der Waals surface area contributed by atoms with E-state index in [4.69, 9.17) is 15.2 Å². The number of rotatable bonds is 3. The minimum absolute atomic E-state index is 0. The zero-order chi connectivity index (χ0) is 18.1. The molecule has 2 atom stereocenters. The van der Waals surface area contributed by atoms with Crippen molar-refractivity contribution in [1.82, 2.24) is 9.88 Å². The highest BCUT2D eigenvalue weighted by Gasteiger charge is 2.31. The summed E-state index contributed by atoms with van der Waals surface area (Å²) in [6.07, 6.45) is 3.10. The molecule has 0 spiro atoms. The molecule has 4 rings (SSSR count). The Labute approximate surface area is 181 Å². The molecule has 0 radical (unpaired) electrons. The number of hydrogen-bond acceptors (Lipinski definition) is 6. The number of ether oxygens (including phenoxy) is 2. The molecule has 1 aromatic heterocycles. The van der Waals surface area contributed by atoms with Gasteiger partial charge in [-0.05, 0) is 44.4 Å². The van der Waals surface area contributed by atoms with Crippen molar-refractivity contribution >= 4 is 42.1 Å². The number of nitrogens with two attached hydrogens (primary N) is 1. The van der Waals surface area contributed by atoms with E-state index in [-0.39, 0.29) is 42.8 Å². The van der Waals surface area contributed by atoms with Crippen LogP contribution in [0.5, 0.6) is 11.5 Å². The fraction of sp³-hybridized carbons (Fsp3) is 0.474. The molecule has 1 fully saturated rings. The molecule has 0 bridgehead atoms. The normalized spacial score (nSPS) is 19.2. The zero-order valence-electron chi connectivity index (χ0n) is 15.6. The second kappa shape index (κ2) is 9.78. The third-order valence-electron chi connectivity index (χ3n) is 4.93. The van der Waals surface area contributed by atoms with Gasteiger partial charge in [0.15, 0.2) is 11.5 Å². The quantitative estimate of drug-likeness (QED) is 0.777. The lowest BCUT2D eigenvalue weighted by molar-refractivity contribution is 0.0578. The number of carbonyl (C=O) groups is 1. The number of amides is 1. The Morgan fingerprint density at radius 2 is 2.00 bits per heavy atom. The summed E-state index contributed by atoms with van der Waals surface area (Å²) < 4.78 is 11.2. The van der Waals surface area contributed by atoms with Crippen LogP contribution in [-0.2, 0) is 0 Å². The van der Waals surface area contributed by atoms with E-state index in [1.165, 1.54) is 11.3 Å². The van der Waals surface area contributed by atoms with Crippen LogP contribution in [0.15, 0.2) is 23.6 Å². The molecule has 2 aliphatic heterocycles. The molecule has 0 aliphatic carbocycles. The molecule has 2 N–H and O–H groups in total. The zero-order valence-corrected chi connectivity index (χ0v) is 18.1. The maximum absolute atomic E-state index is 13.0. The molecule has 1 aromatic carbocycles. The van der Waals surface area contributed by atoms with E-state index in [2.05, 4.69) is 4.98 Å². The van der Waals surface area contributed by atoms with Crippen LogP contribution in [0.2, 0.25) is 0 Å². The summed E-state index contributed by atoms with van der Waals surface area (Å²) in [5.74, 6) is 1.46. The van der Waals surface area contributed by atoms with Gasteiger partial charge in [-0.2, -0.15) is 0 Å². The first-order valence-corrected chi connectivity index (χ1v) is 9.93. The number of likely N-dealkylation sites (tertiary alicyclic amines) is 1. The van der Waals surface area contributed by atoms with Crippen LogP contribution in [0.25, 0.3) is 10.6 Å². The van der Waals surface area contributed by atoms with Crippen molar-refractivity contribution in [1.29, 1.82) is 0 Å². The van der Waals surface area contributed by atoms with E-state index in [0.29, 0.717) is 18.9 Å². The maximum atomic E-state index is 13.0. The number of piperidine rings is 1. The van der Waals surface area contributed by atoms with Crippen LogP contribution < -0.4 is 15.2 Å². The van der Waals surface area contributed by atoms with Gasteiger partial charge in [0.1, 0.15) is 23.9 Å². The van der Waals surface area contributed by atoms with Gasteiger partial charge in [-0.1, -0.05) is 0 Å².